The van der Waals surface area contributed by atoms with Gasteiger partial charge >= 0.3 is 0 Å². The highest BCUT2D eigenvalue weighted by atomic mass is 16.7. The molecule has 0 aromatic heterocycles. The highest BCUT2D eigenvalue weighted by Gasteiger charge is 2.36. The standard InChI is InChI=1S/C12H20O4/c13-7-6-11-10(16-11)4-2-1-3-5-12-14-8-9-15-12/h1-2,10-13H,3-9H2/b2-1-/t10-,11+/m1/s1. The first-order chi connectivity index (χ1) is 7.90. The van der Waals surface area contributed by atoms with Gasteiger partial charge in [-0.2, -0.15) is 0 Å². The molecule has 0 aromatic carbocycles. The molecule has 2 heterocycles. The van der Waals surface area contributed by atoms with E-state index in [1.54, 1.807) is 0 Å². The Balaban J connectivity index is 1.47. The molecule has 2 aliphatic heterocycles. The zero-order valence-electron chi connectivity index (χ0n) is 9.51. The van der Waals surface area contributed by atoms with Gasteiger partial charge in [-0.05, 0) is 19.3 Å². The van der Waals surface area contributed by atoms with Gasteiger partial charge in [0.15, 0.2) is 6.29 Å². The van der Waals surface area contributed by atoms with E-state index >= 15 is 0 Å². The largest absolute Gasteiger partial charge is 0.396 e. The van der Waals surface area contributed by atoms with Crippen LogP contribution in [-0.2, 0) is 14.2 Å². The van der Waals surface area contributed by atoms with Crippen molar-refractivity contribution in [2.24, 2.45) is 0 Å². The maximum atomic E-state index is 8.70. The van der Waals surface area contributed by atoms with Gasteiger partial charge in [-0.1, -0.05) is 12.2 Å². The SMILES string of the molecule is OCC[C@@H]1O[C@@H]1C/C=C\CCC1OCCO1. The van der Waals surface area contributed by atoms with Crippen molar-refractivity contribution in [3.63, 3.8) is 0 Å². The topological polar surface area (TPSA) is 51.2 Å². The fourth-order valence-electron chi connectivity index (χ4n) is 1.92. The smallest absolute Gasteiger partial charge is 0.158 e. The number of rotatable bonds is 7. The van der Waals surface area contributed by atoms with Crippen molar-refractivity contribution in [1.82, 2.24) is 0 Å². The van der Waals surface area contributed by atoms with Gasteiger partial charge in [0.2, 0.25) is 0 Å². The van der Waals surface area contributed by atoms with Crippen LogP contribution in [0.4, 0.5) is 0 Å². The number of aliphatic hydroxyl groups excluding tert-OH is 1. The molecule has 92 valence electrons. The lowest BCUT2D eigenvalue weighted by Gasteiger charge is -2.05. The highest BCUT2D eigenvalue weighted by Crippen LogP contribution is 2.28. The van der Waals surface area contributed by atoms with Crippen LogP contribution in [0.15, 0.2) is 12.2 Å². The van der Waals surface area contributed by atoms with Gasteiger partial charge in [-0.3, -0.25) is 0 Å². The monoisotopic (exact) mass is 228 g/mol. The molecule has 16 heavy (non-hydrogen) atoms. The second kappa shape index (κ2) is 6.35. The summed E-state index contributed by atoms with van der Waals surface area (Å²) in [6.07, 6.45) is 8.57. The molecule has 2 rings (SSSR count). The Hall–Kier alpha value is -0.420. The molecule has 2 saturated heterocycles. The number of hydrogen-bond donors (Lipinski definition) is 1. The molecule has 0 aliphatic carbocycles. The first-order valence-corrected chi connectivity index (χ1v) is 6.04. The third kappa shape index (κ3) is 3.87. The average Bonchev–Trinajstić information content (AvgIpc) is 2.81. The van der Waals surface area contributed by atoms with Crippen LogP contribution in [0.25, 0.3) is 0 Å². The Labute approximate surface area is 96.2 Å². The third-order valence-electron chi connectivity index (χ3n) is 2.90. The van der Waals surface area contributed by atoms with Crippen molar-refractivity contribution >= 4 is 0 Å². The van der Waals surface area contributed by atoms with Crippen molar-refractivity contribution in [3.05, 3.63) is 12.2 Å². The van der Waals surface area contributed by atoms with Crippen LogP contribution in [0, 0.1) is 0 Å². The summed E-state index contributed by atoms with van der Waals surface area (Å²) in [5.74, 6) is 0. The minimum Gasteiger partial charge on any atom is -0.396 e. The average molecular weight is 228 g/mol. The zero-order valence-corrected chi connectivity index (χ0v) is 9.51. The van der Waals surface area contributed by atoms with Crippen molar-refractivity contribution < 1.29 is 19.3 Å². The Morgan fingerprint density at radius 2 is 1.88 bits per heavy atom. The molecule has 2 aliphatic rings. The van der Waals surface area contributed by atoms with E-state index in [9.17, 15) is 0 Å². The first-order valence-electron chi connectivity index (χ1n) is 6.04. The molecule has 0 saturated carbocycles. The van der Waals surface area contributed by atoms with Gasteiger partial charge in [0.05, 0.1) is 25.4 Å². The van der Waals surface area contributed by atoms with Gasteiger partial charge in [-0.25, -0.2) is 0 Å². The minimum atomic E-state index is 0.00367. The quantitative estimate of drug-likeness (QED) is 0.526. The lowest BCUT2D eigenvalue weighted by molar-refractivity contribution is -0.0457. The molecule has 0 amide bonds. The van der Waals surface area contributed by atoms with Gasteiger partial charge in [0, 0.05) is 13.0 Å². The van der Waals surface area contributed by atoms with Crippen LogP contribution in [0.3, 0.4) is 0 Å². The third-order valence-corrected chi connectivity index (χ3v) is 2.90. The summed E-state index contributed by atoms with van der Waals surface area (Å²) in [6, 6.07) is 0. The van der Waals surface area contributed by atoms with E-state index < -0.39 is 0 Å². The second-order valence-electron chi connectivity index (χ2n) is 4.18. The molecule has 0 bridgehead atoms. The molecule has 2 fully saturated rings. The molecule has 0 unspecified atom stereocenters. The lowest BCUT2D eigenvalue weighted by atomic mass is 10.2. The molecule has 0 aromatic rings. The van der Waals surface area contributed by atoms with Gasteiger partial charge in [0.1, 0.15) is 0 Å². The summed E-state index contributed by atoms with van der Waals surface area (Å²) < 4.78 is 16.0. The summed E-state index contributed by atoms with van der Waals surface area (Å²) in [4.78, 5) is 0. The fourth-order valence-corrected chi connectivity index (χ4v) is 1.92. The second-order valence-corrected chi connectivity index (χ2v) is 4.18. The predicted molar refractivity (Wildman–Crippen MR) is 59.0 cm³/mol. The Kier molecular flexibility index (Phi) is 4.78. The minimum absolute atomic E-state index is 0.00367. The lowest BCUT2D eigenvalue weighted by Crippen LogP contribution is -2.05. The van der Waals surface area contributed by atoms with Crippen LogP contribution in [-0.4, -0.2) is 43.4 Å². The molecule has 4 nitrogen and oxygen atoms in total. The highest BCUT2D eigenvalue weighted by molar-refractivity contribution is 4.93. The number of ether oxygens (including phenoxy) is 3. The van der Waals surface area contributed by atoms with Crippen LogP contribution in [0.1, 0.15) is 25.7 Å². The number of hydrogen-bond acceptors (Lipinski definition) is 4. The number of aliphatic hydroxyl groups is 1. The van der Waals surface area contributed by atoms with Gasteiger partial charge in [0.25, 0.3) is 0 Å². The van der Waals surface area contributed by atoms with Crippen LogP contribution in [0.2, 0.25) is 0 Å². The van der Waals surface area contributed by atoms with E-state index in [0.717, 1.165) is 38.9 Å². The maximum Gasteiger partial charge on any atom is 0.158 e. The molecule has 4 heteroatoms. The molecule has 0 radical (unpaired) electrons. The van der Waals surface area contributed by atoms with E-state index in [2.05, 4.69) is 12.2 Å². The Morgan fingerprint density at radius 1 is 1.06 bits per heavy atom. The van der Waals surface area contributed by atoms with E-state index in [4.69, 9.17) is 19.3 Å². The Bertz CT molecular complexity index is 223. The van der Waals surface area contributed by atoms with E-state index in [-0.39, 0.29) is 19.0 Å². The molecular formula is C12H20O4. The van der Waals surface area contributed by atoms with E-state index in [1.807, 2.05) is 0 Å². The van der Waals surface area contributed by atoms with Crippen LogP contribution >= 0.6 is 0 Å². The summed E-state index contributed by atoms with van der Waals surface area (Å²) in [5.41, 5.74) is 0. The van der Waals surface area contributed by atoms with Gasteiger partial charge < -0.3 is 19.3 Å². The van der Waals surface area contributed by atoms with Crippen molar-refractivity contribution in [1.29, 1.82) is 0 Å². The predicted octanol–water partition coefficient (Wildman–Crippen LogP) is 1.24. The Morgan fingerprint density at radius 3 is 2.62 bits per heavy atom. The molecule has 0 spiro atoms. The number of allylic oxidation sites excluding steroid dienone is 1. The molecular weight excluding hydrogens is 208 g/mol. The summed E-state index contributed by atoms with van der Waals surface area (Å²) in [5, 5.41) is 8.70. The fraction of sp³-hybridized carbons (Fsp3) is 0.833. The normalized spacial score (nSPS) is 30.3. The van der Waals surface area contributed by atoms with E-state index in [0.29, 0.717) is 6.10 Å². The van der Waals surface area contributed by atoms with Crippen molar-refractivity contribution in [2.45, 2.75) is 44.2 Å². The first kappa shape index (κ1) is 12.0. The van der Waals surface area contributed by atoms with Crippen molar-refractivity contribution in [2.75, 3.05) is 19.8 Å². The van der Waals surface area contributed by atoms with Crippen molar-refractivity contribution in [3.8, 4) is 0 Å². The number of epoxide rings is 1. The van der Waals surface area contributed by atoms with E-state index in [1.165, 1.54) is 0 Å². The summed E-state index contributed by atoms with van der Waals surface area (Å²) >= 11 is 0. The van der Waals surface area contributed by atoms with Crippen LogP contribution in [0.5, 0.6) is 0 Å². The van der Waals surface area contributed by atoms with Crippen LogP contribution < -0.4 is 0 Å². The molecule has 1 N–H and O–H groups in total. The van der Waals surface area contributed by atoms with Gasteiger partial charge in [-0.15, -0.1) is 0 Å². The summed E-state index contributed by atoms with van der Waals surface area (Å²) in [6.45, 7) is 1.68. The maximum absolute atomic E-state index is 8.70. The molecule has 2 atom stereocenters. The summed E-state index contributed by atoms with van der Waals surface area (Å²) in [7, 11) is 0. The zero-order chi connectivity index (χ0) is 11.2.